The Hall–Kier alpha value is -2.33. The van der Waals surface area contributed by atoms with Crippen molar-refractivity contribution in [2.24, 2.45) is 0 Å². The van der Waals surface area contributed by atoms with Crippen molar-refractivity contribution in [2.45, 2.75) is 32.3 Å². The van der Waals surface area contributed by atoms with Crippen molar-refractivity contribution in [2.75, 3.05) is 5.32 Å². The van der Waals surface area contributed by atoms with E-state index in [4.69, 9.17) is 16.3 Å². The SMILES string of the molecule is CC[C@H](C(=O)O[C@@H](C)C(=O)Nc1ccc(Cl)cc1)c1ccccc1. The van der Waals surface area contributed by atoms with Gasteiger partial charge in [0.1, 0.15) is 0 Å². The molecule has 4 nitrogen and oxygen atoms in total. The third-order valence-electron chi connectivity index (χ3n) is 3.67. The molecular formula is C19H20ClNO3. The van der Waals surface area contributed by atoms with E-state index in [0.29, 0.717) is 17.1 Å². The minimum atomic E-state index is -0.883. The van der Waals surface area contributed by atoms with Gasteiger partial charge in [0, 0.05) is 10.7 Å². The van der Waals surface area contributed by atoms with Crippen molar-refractivity contribution in [3.05, 3.63) is 65.2 Å². The van der Waals surface area contributed by atoms with E-state index in [9.17, 15) is 9.59 Å². The smallest absolute Gasteiger partial charge is 0.314 e. The van der Waals surface area contributed by atoms with Gasteiger partial charge in [-0.15, -0.1) is 0 Å². The zero-order valence-electron chi connectivity index (χ0n) is 13.7. The van der Waals surface area contributed by atoms with Crippen molar-refractivity contribution in [3.63, 3.8) is 0 Å². The molecule has 0 aliphatic heterocycles. The molecule has 24 heavy (non-hydrogen) atoms. The Morgan fingerprint density at radius 2 is 1.71 bits per heavy atom. The van der Waals surface area contributed by atoms with Gasteiger partial charge >= 0.3 is 5.97 Å². The number of carbonyl (C=O) groups excluding carboxylic acids is 2. The summed E-state index contributed by atoms with van der Waals surface area (Å²) in [6, 6.07) is 16.1. The van der Waals surface area contributed by atoms with Crippen LogP contribution >= 0.6 is 11.6 Å². The molecule has 0 bridgehead atoms. The predicted octanol–water partition coefficient (Wildman–Crippen LogP) is 4.40. The normalized spacial score (nSPS) is 13.0. The van der Waals surface area contributed by atoms with E-state index < -0.39 is 12.1 Å². The molecular weight excluding hydrogens is 326 g/mol. The minimum absolute atomic E-state index is 0.378. The Balaban J connectivity index is 1.97. The Morgan fingerprint density at radius 1 is 1.08 bits per heavy atom. The van der Waals surface area contributed by atoms with Gasteiger partial charge in [0.2, 0.25) is 0 Å². The third-order valence-corrected chi connectivity index (χ3v) is 3.92. The molecule has 0 saturated carbocycles. The fourth-order valence-corrected chi connectivity index (χ4v) is 2.44. The van der Waals surface area contributed by atoms with E-state index in [2.05, 4.69) is 5.32 Å². The van der Waals surface area contributed by atoms with Crippen molar-refractivity contribution in [1.29, 1.82) is 0 Å². The zero-order valence-corrected chi connectivity index (χ0v) is 14.4. The van der Waals surface area contributed by atoms with E-state index >= 15 is 0 Å². The van der Waals surface area contributed by atoms with Gasteiger partial charge in [-0.2, -0.15) is 0 Å². The van der Waals surface area contributed by atoms with Crippen LogP contribution in [0.4, 0.5) is 5.69 Å². The quantitative estimate of drug-likeness (QED) is 0.789. The number of esters is 1. The summed E-state index contributed by atoms with van der Waals surface area (Å²) in [6.45, 7) is 3.47. The highest BCUT2D eigenvalue weighted by molar-refractivity contribution is 6.30. The molecule has 0 radical (unpaired) electrons. The molecule has 2 aromatic rings. The fraction of sp³-hybridized carbons (Fsp3) is 0.263. The number of nitrogens with one attached hydrogen (secondary N) is 1. The first-order chi connectivity index (χ1) is 11.5. The lowest BCUT2D eigenvalue weighted by molar-refractivity contribution is -0.154. The first-order valence-corrected chi connectivity index (χ1v) is 8.21. The van der Waals surface area contributed by atoms with Crippen LogP contribution in [-0.4, -0.2) is 18.0 Å². The maximum Gasteiger partial charge on any atom is 0.314 e. The summed E-state index contributed by atoms with van der Waals surface area (Å²) in [6.07, 6.45) is -0.278. The van der Waals surface area contributed by atoms with Gasteiger partial charge in [-0.3, -0.25) is 9.59 Å². The largest absolute Gasteiger partial charge is 0.452 e. The second-order valence-electron chi connectivity index (χ2n) is 5.45. The van der Waals surface area contributed by atoms with Crippen molar-refractivity contribution < 1.29 is 14.3 Å². The van der Waals surface area contributed by atoms with E-state index in [1.54, 1.807) is 31.2 Å². The van der Waals surface area contributed by atoms with Crippen LogP contribution in [0.15, 0.2) is 54.6 Å². The van der Waals surface area contributed by atoms with E-state index in [0.717, 1.165) is 5.56 Å². The molecule has 1 amide bonds. The van der Waals surface area contributed by atoms with E-state index in [1.807, 2.05) is 37.3 Å². The lowest BCUT2D eigenvalue weighted by Gasteiger charge is -2.18. The summed E-state index contributed by atoms with van der Waals surface area (Å²) in [4.78, 5) is 24.5. The van der Waals surface area contributed by atoms with Gasteiger partial charge < -0.3 is 10.1 Å². The highest BCUT2D eigenvalue weighted by Gasteiger charge is 2.25. The molecule has 0 saturated heterocycles. The standard InChI is InChI=1S/C19H20ClNO3/c1-3-17(14-7-5-4-6-8-14)19(23)24-13(2)18(22)21-16-11-9-15(20)10-12-16/h4-13,17H,3H2,1-2H3,(H,21,22)/t13-,17-/m0/s1. The molecule has 2 atom stereocenters. The first-order valence-electron chi connectivity index (χ1n) is 7.83. The number of hydrogen-bond donors (Lipinski definition) is 1. The highest BCUT2D eigenvalue weighted by atomic mass is 35.5. The Morgan fingerprint density at radius 3 is 2.29 bits per heavy atom. The molecule has 1 N–H and O–H groups in total. The molecule has 5 heteroatoms. The van der Waals surface area contributed by atoms with Gasteiger partial charge in [-0.1, -0.05) is 48.9 Å². The molecule has 0 aliphatic rings. The average Bonchev–Trinajstić information content (AvgIpc) is 2.58. The molecule has 2 rings (SSSR count). The summed E-state index contributed by atoms with van der Waals surface area (Å²) in [7, 11) is 0. The number of anilines is 1. The topological polar surface area (TPSA) is 55.4 Å². The molecule has 0 spiro atoms. The number of carbonyl (C=O) groups is 2. The molecule has 0 aliphatic carbocycles. The molecule has 0 fully saturated rings. The van der Waals surface area contributed by atoms with Crippen LogP contribution < -0.4 is 5.32 Å². The van der Waals surface area contributed by atoms with Gasteiger partial charge in [-0.25, -0.2) is 0 Å². The summed E-state index contributed by atoms with van der Waals surface area (Å²) < 4.78 is 5.34. The highest BCUT2D eigenvalue weighted by Crippen LogP contribution is 2.21. The van der Waals surface area contributed by atoms with Crippen LogP contribution in [0.5, 0.6) is 0 Å². The molecule has 0 heterocycles. The number of benzene rings is 2. The number of halogens is 1. The van der Waals surface area contributed by atoms with E-state index in [-0.39, 0.29) is 11.8 Å². The minimum Gasteiger partial charge on any atom is -0.452 e. The number of hydrogen-bond acceptors (Lipinski definition) is 3. The number of ether oxygens (including phenoxy) is 1. The average molecular weight is 346 g/mol. The van der Waals surface area contributed by atoms with Crippen LogP contribution in [0, 0.1) is 0 Å². The van der Waals surface area contributed by atoms with Gasteiger partial charge in [0.15, 0.2) is 6.10 Å². The van der Waals surface area contributed by atoms with Crippen LogP contribution in [0.2, 0.25) is 5.02 Å². The molecule has 2 aromatic carbocycles. The zero-order chi connectivity index (χ0) is 17.5. The second-order valence-corrected chi connectivity index (χ2v) is 5.88. The maximum atomic E-state index is 12.4. The van der Waals surface area contributed by atoms with Crippen molar-refractivity contribution in [3.8, 4) is 0 Å². The van der Waals surface area contributed by atoms with Crippen LogP contribution in [0.1, 0.15) is 31.7 Å². The molecule has 126 valence electrons. The lowest BCUT2D eigenvalue weighted by Crippen LogP contribution is -2.31. The lowest BCUT2D eigenvalue weighted by atomic mass is 9.97. The van der Waals surface area contributed by atoms with Gasteiger partial charge in [0.25, 0.3) is 5.91 Å². The fourth-order valence-electron chi connectivity index (χ4n) is 2.31. The Labute approximate surface area is 146 Å². The Kier molecular flexibility index (Phi) is 6.38. The van der Waals surface area contributed by atoms with Crippen LogP contribution in [0.25, 0.3) is 0 Å². The monoisotopic (exact) mass is 345 g/mol. The van der Waals surface area contributed by atoms with Crippen molar-refractivity contribution >= 4 is 29.2 Å². The van der Waals surface area contributed by atoms with Crippen molar-refractivity contribution in [1.82, 2.24) is 0 Å². The Bertz CT molecular complexity index is 686. The number of rotatable bonds is 6. The molecule has 0 aromatic heterocycles. The third kappa shape index (κ3) is 4.83. The van der Waals surface area contributed by atoms with Gasteiger partial charge in [-0.05, 0) is 43.2 Å². The summed E-state index contributed by atoms with van der Waals surface area (Å²) >= 11 is 5.81. The number of amides is 1. The van der Waals surface area contributed by atoms with Crippen LogP contribution in [-0.2, 0) is 14.3 Å². The second kappa shape index (κ2) is 8.50. The predicted molar refractivity (Wildman–Crippen MR) is 95.1 cm³/mol. The van der Waals surface area contributed by atoms with Gasteiger partial charge in [0.05, 0.1) is 5.92 Å². The van der Waals surface area contributed by atoms with Crippen LogP contribution in [0.3, 0.4) is 0 Å². The molecule has 0 unspecified atom stereocenters. The summed E-state index contributed by atoms with van der Waals surface area (Å²) in [5.74, 6) is -1.16. The maximum absolute atomic E-state index is 12.4. The first kappa shape index (κ1) is 18.0. The summed E-state index contributed by atoms with van der Waals surface area (Å²) in [5, 5.41) is 3.28. The van der Waals surface area contributed by atoms with E-state index in [1.165, 1.54) is 0 Å². The summed E-state index contributed by atoms with van der Waals surface area (Å²) in [5.41, 5.74) is 1.48.